The molecule has 1 aromatic carbocycles. The van der Waals surface area contributed by atoms with Gasteiger partial charge in [-0.15, -0.1) is 10.2 Å². The van der Waals surface area contributed by atoms with Gasteiger partial charge in [0.2, 0.25) is 0 Å². The Morgan fingerprint density at radius 3 is 2.67 bits per heavy atom. The van der Waals surface area contributed by atoms with Gasteiger partial charge in [-0.3, -0.25) is 4.57 Å². The van der Waals surface area contributed by atoms with Crippen LogP contribution in [-0.4, -0.2) is 26.8 Å². The molecular formula is C13H18N4S. The average Bonchev–Trinajstić information content (AvgIpc) is 2.79. The van der Waals surface area contributed by atoms with Crippen molar-refractivity contribution in [3.63, 3.8) is 0 Å². The Kier molecular flexibility index (Phi) is 4.38. The second-order valence-corrected chi connectivity index (χ2v) is 5.15. The number of benzene rings is 1. The van der Waals surface area contributed by atoms with Gasteiger partial charge < -0.3 is 5.73 Å². The van der Waals surface area contributed by atoms with Crippen molar-refractivity contribution >= 4 is 11.8 Å². The molecule has 4 nitrogen and oxygen atoms in total. The third kappa shape index (κ3) is 2.73. The maximum atomic E-state index is 6.20. The predicted molar refractivity (Wildman–Crippen MR) is 76.0 cm³/mol. The molecule has 1 atom stereocenters. The number of aromatic nitrogens is 3. The fourth-order valence-electron chi connectivity index (χ4n) is 1.89. The first kappa shape index (κ1) is 13.1. The molecule has 1 unspecified atom stereocenters. The third-order valence-corrected chi connectivity index (χ3v) is 3.47. The van der Waals surface area contributed by atoms with E-state index >= 15 is 0 Å². The van der Waals surface area contributed by atoms with Crippen molar-refractivity contribution in [1.29, 1.82) is 0 Å². The molecule has 0 saturated carbocycles. The second-order valence-electron chi connectivity index (χ2n) is 4.16. The van der Waals surface area contributed by atoms with Crippen LogP contribution >= 0.6 is 11.8 Å². The molecule has 18 heavy (non-hydrogen) atoms. The Bertz CT molecular complexity index is 495. The van der Waals surface area contributed by atoms with E-state index in [1.54, 1.807) is 11.8 Å². The molecule has 5 heteroatoms. The number of nitrogens with two attached hydrogens (primary N) is 1. The summed E-state index contributed by atoms with van der Waals surface area (Å²) in [6, 6.07) is 10.0. The number of hydrogen-bond acceptors (Lipinski definition) is 4. The van der Waals surface area contributed by atoms with E-state index in [2.05, 4.69) is 16.5 Å². The van der Waals surface area contributed by atoms with Crippen molar-refractivity contribution < 1.29 is 0 Å². The lowest BCUT2D eigenvalue weighted by Gasteiger charge is -2.13. The molecule has 96 valence electrons. The van der Waals surface area contributed by atoms with Crippen LogP contribution in [0.3, 0.4) is 0 Å². The monoisotopic (exact) mass is 262 g/mol. The zero-order valence-corrected chi connectivity index (χ0v) is 11.5. The first-order valence-electron chi connectivity index (χ1n) is 5.96. The largest absolute Gasteiger partial charge is 0.321 e. The lowest BCUT2D eigenvalue weighted by molar-refractivity contribution is 0.637. The summed E-state index contributed by atoms with van der Waals surface area (Å²) in [5.41, 5.74) is 7.26. The van der Waals surface area contributed by atoms with Crippen LogP contribution in [0.2, 0.25) is 0 Å². The van der Waals surface area contributed by atoms with Gasteiger partial charge >= 0.3 is 0 Å². The molecule has 1 aromatic heterocycles. The van der Waals surface area contributed by atoms with Crippen molar-refractivity contribution in [2.45, 2.75) is 19.4 Å². The summed E-state index contributed by atoms with van der Waals surface area (Å²) in [6.45, 7) is 1.95. The molecule has 0 amide bonds. The van der Waals surface area contributed by atoms with E-state index in [9.17, 15) is 0 Å². The first-order valence-corrected chi connectivity index (χ1v) is 7.35. The Morgan fingerprint density at radius 2 is 2.00 bits per heavy atom. The van der Waals surface area contributed by atoms with E-state index in [4.69, 9.17) is 5.73 Å². The van der Waals surface area contributed by atoms with Gasteiger partial charge in [-0.05, 0) is 37.5 Å². The highest BCUT2D eigenvalue weighted by Gasteiger charge is 2.16. The van der Waals surface area contributed by atoms with Crippen LogP contribution in [-0.2, 0) is 0 Å². The molecule has 0 aliphatic heterocycles. The van der Waals surface area contributed by atoms with Crippen LogP contribution in [0.15, 0.2) is 30.3 Å². The summed E-state index contributed by atoms with van der Waals surface area (Å²) in [6.07, 6.45) is 2.99. The molecule has 0 fully saturated rings. The number of rotatable bonds is 5. The number of nitrogens with zero attached hydrogens (tertiary/aromatic N) is 3. The zero-order chi connectivity index (χ0) is 13.0. The van der Waals surface area contributed by atoms with Gasteiger partial charge in [0.25, 0.3) is 0 Å². The Labute approximate surface area is 112 Å². The van der Waals surface area contributed by atoms with Crippen LogP contribution in [0.5, 0.6) is 0 Å². The summed E-state index contributed by atoms with van der Waals surface area (Å²) >= 11 is 1.80. The van der Waals surface area contributed by atoms with E-state index < -0.39 is 0 Å². The Morgan fingerprint density at radius 1 is 1.28 bits per heavy atom. The van der Waals surface area contributed by atoms with Gasteiger partial charge in [0, 0.05) is 5.69 Å². The highest BCUT2D eigenvalue weighted by Crippen LogP contribution is 2.19. The van der Waals surface area contributed by atoms with Crippen LogP contribution in [0.4, 0.5) is 0 Å². The quantitative estimate of drug-likeness (QED) is 0.898. The molecule has 0 spiro atoms. The van der Waals surface area contributed by atoms with Crippen LogP contribution in [0.25, 0.3) is 5.69 Å². The minimum atomic E-state index is -0.0705. The van der Waals surface area contributed by atoms with Crippen molar-refractivity contribution in [2.75, 3.05) is 12.0 Å². The second kappa shape index (κ2) is 6.02. The van der Waals surface area contributed by atoms with Gasteiger partial charge in [0.05, 0.1) is 6.04 Å². The van der Waals surface area contributed by atoms with E-state index in [-0.39, 0.29) is 6.04 Å². The molecular weight excluding hydrogens is 244 g/mol. The summed E-state index contributed by atoms with van der Waals surface area (Å²) < 4.78 is 2.03. The minimum absolute atomic E-state index is 0.0705. The summed E-state index contributed by atoms with van der Waals surface area (Å²) in [7, 11) is 0. The lowest BCUT2D eigenvalue weighted by Crippen LogP contribution is -2.17. The molecule has 0 bridgehead atoms. The van der Waals surface area contributed by atoms with Crippen LogP contribution in [0, 0.1) is 6.92 Å². The molecule has 0 saturated heterocycles. The maximum absolute atomic E-state index is 6.20. The Hall–Kier alpha value is -1.33. The molecule has 0 aliphatic carbocycles. The summed E-state index contributed by atoms with van der Waals surface area (Å²) in [5.74, 6) is 2.74. The molecule has 0 aliphatic rings. The topological polar surface area (TPSA) is 56.7 Å². The smallest absolute Gasteiger partial charge is 0.154 e. The highest BCUT2D eigenvalue weighted by atomic mass is 32.2. The van der Waals surface area contributed by atoms with Gasteiger partial charge in [-0.1, -0.05) is 18.2 Å². The Balaban J connectivity index is 2.33. The van der Waals surface area contributed by atoms with Crippen molar-refractivity contribution in [2.24, 2.45) is 5.73 Å². The number of hydrogen-bond donors (Lipinski definition) is 1. The number of aryl methyl sites for hydroxylation is 1. The lowest BCUT2D eigenvalue weighted by atomic mass is 10.2. The van der Waals surface area contributed by atoms with Crippen molar-refractivity contribution in [3.05, 3.63) is 42.0 Å². The standard InChI is InChI=1S/C13H18N4S/c1-10-15-16-13(12(14)8-9-18-2)17(10)11-6-4-3-5-7-11/h3-7,12H,8-9,14H2,1-2H3. The van der Waals surface area contributed by atoms with E-state index in [1.807, 2.05) is 41.8 Å². The summed E-state index contributed by atoms with van der Waals surface area (Å²) in [4.78, 5) is 0. The average molecular weight is 262 g/mol. The molecule has 2 rings (SSSR count). The highest BCUT2D eigenvalue weighted by molar-refractivity contribution is 7.98. The van der Waals surface area contributed by atoms with E-state index in [0.29, 0.717) is 0 Å². The normalized spacial score (nSPS) is 12.6. The molecule has 2 N–H and O–H groups in total. The fourth-order valence-corrected chi connectivity index (χ4v) is 2.38. The number of thioether (sulfide) groups is 1. The van der Waals surface area contributed by atoms with Gasteiger partial charge in [0.15, 0.2) is 5.82 Å². The van der Waals surface area contributed by atoms with Gasteiger partial charge in [0.1, 0.15) is 5.82 Å². The minimum Gasteiger partial charge on any atom is -0.321 e. The van der Waals surface area contributed by atoms with Crippen LogP contribution < -0.4 is 5.73 Å². The third-order valence-electron chi connectivity index (χ3n) is 2.83. The van der Waals surface area contributed by atoms with Gasteiger partial charge in [-0.2, -0.15) is 11.8 Å². The zero-order valence-electron chi connectivity index (χ0n) is 10.7. The summed E-state index contributed by atoms with van der Waals surface area (Å²) in [5, 5.41) is 8.37. The van der Waals surface area contributed by atoms with Gasteiger partial charge in [-0.25, -0.2) is 0 Å². The predicted octanol–water partition coefficient (Wildman–Crippen LogP) is 2.33. The maximum Gasteiger partial charge on any atom is 0.154 e. The fraction of sp³-hybridized carbons (Fsp3) is 0.385. The van der Waals surface area contributed by atoms with E-state index in [0.717, 1.165) is 29.5 Å². The molecule has 2 aromatic rings. The first-order chi connectivity index (χ1) is 8.74. The van der Waals surface area contributed by atoms with Crippen LogP contribution in [0.1, 0.15) is 24.1 Å². The SMILES string of the molecule is CSCCC(N)c1nnc(C)n1-c1ccccc1. The number of para-hydroxylation sites is 1. The van der Waals surface area contributed by atoms with E-state index in [1.165, 1.54) is 0 Å². The molecule has 1 heterocycles. The van der Waals surface area contributed by atoms with Crippen molar-refractivity contribution in [3.8, 4) is 5.69 Å². The van der Waals surface area contributed by atoms with Crippen molar-refractivity contribution in [1.82, 2.24) is 14.8 Å². The molecule has 0 radical (unpaired) electrons.